The molecule has 1 saturated heterocycles. The van der Waals surface area contributed by atoms with Gasteiger partial charge < -0.3 is 5.32 Å². The minimum Gasteiger partial charge on any atom is -0.310 e. The van der Waals surface area contributed by atoms with Crippen molar-refractivity contribution in [2.45, 2.75) is 51.1 Å². The summed E-state index contributed by atoms with van der Waals surface area (Å²) in [6.07, 6.45) is 5.20. The Kier molecular flexibility index (Phi) is 6.22. The first-order valence-corrected chi connectivity index (χ1v) is 8.16. The number of nitriles is 1. The fraction of sp³-hybridized carbons (Fsp3) is 0.611. The van der Waals surface area contributed by atoms with E-state index in [0.29, 0.717) is 6.42 Å². The van der Waals surface area contributed by atoms with Gasteiger partial charge in [0, 0.05) is 25.2 Å². The molecule has 114 valence electrons. The molecular weight excluding hydrogens is 258 g/mol. The Bertz CT molecular complexity index is 441. The molecule has 3 nitrogen and oxygen atoms in total. The summed E-state index contributed by atoms with van der Waals surface area (Å²) in [5, 5.41) is 12.8. The highest BCUT2D eigenvalue weighted by molar-refractivity contribution is 5.14. The van der Waals surface area contributed by atoms with Crippen LogP contribution >= 0.6 is 0 Å². The van der Waals surface area contributed by atoms with E-state index in [0.717, 1.165) is 39.0 Å². The average Bonchev–Trinajstić information content (AvgIpc) is 2.51. The molecule has 0 aliphatic carbocycles. The summed E-state index contributed by atoms with van der Waals surface area (Å²) in [5.41, 5.74) is 1.43. The first kappa shape index (κ1) is 16.0. The van der Waals surface area contributed by atoms with Gasteiger partial charge in [-0.2, -0.15) is 5.26 Å². The highest BCUT2D eigenvalue weighted by atomic mass is 15.2. The monoisotopic (exact) mass is 285 g/mol. The zero-order chi connectivity index (χ0) is 15.0. The van der Waals surface area contributed by atoms with Gasteiger partial charge >= 0.3 is 0 Å². The predicted molar refractivity (Wildman–Crippen MR) is 86.8 cm³/mol. The molecule has 0 bridgehead atoms. The van der Waals surface area contributed by atoms with Crippen LogP contribution in [0.1, 0.15) is 44.6 Å². The number of likely N-dealkylation sites (tertiary alicyclic amines) is 1. The summed E-state index contributed by atoms with van der Waals surface area (Å²) in [6.45, 7) is 6.43. The van der Waals surface area contributed by atoms with Gasteiger partial charge in [0.25, 0.3) is 0 Å². The molecule has 21 heavy (non-hydrogen) atoms. The molecule has 1 fully saturated rings. The van der Waals surface area contributed by atoms with Crippen molar-refractivity contribution in [3.63, 3.8) is 0 Å². The molecule has 0 saturated carbocycles. The first-order chi connectivity index (χ1) is 10.3. The second-order valence-electron chi connectivity index (χ2n) is 6.16. The molecule has 1 aromatic rings. The zero-order valence-electron chi connectivity index (χ0n) is 13.1. The molecule has 0 radical (unpaired) electrons. The lowest BCUT2D eigenvalue weighted by molar-refractivity contribution is 0.131. The fourth-order valence-corrected chi connectivity index (χ4v) is 3.08. The zero-order valence-corrected chi connectivity index (χ0v) is 13.1. The third-order valence-electron chi connectivity index (χ3n) is 4.51. The average molecular weight is 285 g/mol. The molecule has 0 spiro atoms. The SMILES string of the molecule is CCCCNC1(CC#N)CCN(Cc2ccccc2)CC1. The van der Waals surface area contributed by atoms with Gasteiger partial charge in [-0.3, -0.25) is 4.90 Å². The molecule has 1 N–H and O–H groups in total. The van der Waals surface area contributed by atoms with E-state index in [1.807, 2.05) is 0 Å². The van der Waals surface area contributed by atoms with Gasteiger partial charge in [-0.15, -0.1) is 0 Å². The lowest BCUT2D eigenvalue weighted by Gasteiger charge is -2.41. The summed E-state index contributed by atoms with van der Waals surface area (Å²) in [7, 11) is 0. The molecule has 1 aliphatic heterocycles. The van der Waals surface area contributed by atoms with E-state index in [9.17, 15) is 0 Å². The maximum atomic E-state index is 9.14. The number of nitrogens with one attached hydrogen (secondary N) is 1. The summed E-state index contributed by atoms with van der Waals surface area (Å²) in [4.78, 5) is 2.51. The topological polar surface area (TPSA) is 39.1 Å². The Morgan fingerprint density at radius 2 is 1.95 bits per heavy atom. The maximum absolute atomic E-state index is 9.14. The highest BCUT2D eigenvalue weighted by Gasteiger charge is 2.33. The van der Waals surface area contributed by atoms with Crippen LogP contribution in [0.4, 0.5) is 0 Å². The van der Waals surface area contributed by atoms with E-state index in [2.05, 4.69) is 53.5 Å². The Hall–Kier alpha value is -1.37. The third-order valence-corrected chi connectivity index (χ3v) is 4.51. The van der Waals surface area contributed by atoms with Gasteiger partial charge in [0.05, 0.1) is 12.5 Å². The number of benzene rings is 1. The van der Waals surface area contributed by atoms with Gasteiger partial charge in [0.15, 0.2) is 0 Å². The van der Waals surface area contributed by atoms with Crippen molar-refractivity contribution in [2.24, 2.45) is 0 Å². The third kappa shape index (κ3) is 4.84. The Morgan fingerprint density at radius 1 is 1.24 bits per heavy atom. The van der Waals surface area contributed by atoms with Crippen LogP contribution in [-0.2, 0) is 6.54 Å². The summed E-state index contributed by atoms with van der Waals surface area (Å²) < 4.78 is 0. The molecule has 0 aromatic heterocycles. The second-order valence-corrected chi connectivity index (χ2v) is 6.16. The number of rotatable bonds is 7. The fourth-order valence-electron chi connectivity index (χ4n) is 3.08. The van der Waals surface area contributed by atoms with Crippen LogP contribution in [0.25, 0.3) is 0 Å². The van der Waals surface area contributed by atoms with Crippen LogP contribution in [0, 0.1) is 11.3 Å². The van der Waals surface area contributed by atoms with E-state index >= 15 is 0 Å². The van der Waals surface area contributed by atoms with Crippen molar-refractivity contribution in [1.29, 1.82) is 5.26 Å². The molecule has 0 unspecified atom stereocenters. The summed E-state index contributed by atoms with van der Waals surface area (Å²) in [6, 6.07) is 13.0. The smallest absolute Gasteiger partial charge is 0.0641 e. The van der Waals surface area contributed by atoms with Crippen LogP contribution in [0.2, 0.25) is 0 Å². The van der Waals surface area contributed by atoms with Crippen LogP contribution in [0.15, 0.2) is 30.3 Å². The van der Waals surface area contributed by atoms with Crippen molar-refractivity contribution < 1.29 is 0 Å². The van der Waals surface area contributed by atoms with Gasteiger partial charge in [0.2, 0.25) is 0 Å². The van der Waals surface area contributed by atoms with E-state index in [4.69, 9.17) is 5.26 Å². The van der Waals surface area contributed by atoms with Crippen molar-refractivity contribution in [2.75, 3.05) is 19.6 Å². The van der Waals surface area contributed by atoms with Gasteiger partial charge in [0.1, 0.15) is 0 Å². The number of hydrogen-bond donors (Lipinski definition) is 1. The first-order valence-electron chi connectivity index (χ1n) is 8.16. The van der Waals surface area contributed by atoms with E-state index in [-0.39, 0.29) is 5.54 Å². The minimum absolute atomic E-state index is 0.0527. The van der Waals surface area contributed by atoms with Crippen molar-refractivity contribution in [3.05, 3.63) is 35.9 Å². The lowest BCUT2D eigenvalue weighted by atomic mass is 9.84. The van der Waals surface area contributed by atoms with Crippen LogP contribution < -0.4 is 5.32 Å². The molecule has 1 heterocycles. The molecule has 0 atom stereocenters. The lowest BCUT2D eigenvalue weighted by Crippen LogP contribution is -2.53. The Labute approximate surface area is 129 Å². The number of hydrogen-bond acceptors (Lipinski definition) is 3. The van der Waals surface area contributed by atoms with Crippen molar-refractivity contribution in [1.82, 2.24) is 10.2 Å². The van der Waals surface area contributed by atoms with Gasteiger partial charge in [-0.1, -0.05) is 43.7 Å². The highest BCUT2D eigenvalue weighted by Crippen LogP contribution is 2.26. The quantitative estimate of drug-likeness (QED) is 0.781. The standard InChI is InChI=1S/C18H27N3/c1-2-3-13-20-18(9-12-19)10-14-21(15-11-18)16-17-7-5-4-6-8-17/h4-8,20H,2-3,9-11,13-16H2,1H3. The molecule has 1 aromatic carbocycles. The van der Waals surface area contributed by atoms with E-state index in [1.54, 1.807) is 0 Å². The largest absolute Gasteiger partial charge is 0.310 e. The maximum Gasteiger partial charge on any atom is 0.0641 e. The predicted octanol–water partition coefficient (Wildman–Crippen LogP) is 3.32. The van der Waals surface area contributed by atoms with Gasteiger partial charge in [-0.25, -0.2) is 0 Å². The van der Waals surface area contributed by atoms with E-state index < -0.39 is 0 Å². The van der Waals surface area contributed by atoms with E-state index in [1.165, 1.54) is 18.4 Å². The number of piperidine rings is 1. The minimum atomic E-state index is 0.0527. The number of nitrogens with zero attached hydrogens (tertiary/aromatic N) is 2. The van der Waals surface area contributed by atoms with Crippen LogP contribution in [0.5, 0.6) is 0 Å². The molecule has 3 heteroatoms. The Balaban J connectivity index is 1.85. The number of unbranched alkanes of at least 4 members (excludes halogenated alkanes) is 1. The normalized spacial score (nSPS) is 18.3. The van der Waals surface area contributed by atoms with Crippen molar-refractivity contribution in [3.8, 4) is 6.07 Å². The van der Waals surface area contributed by atoms with Gasteiger partial charge in [-0.05, 0) is 31.4 Å². The molecule has 2 rings (SSSR count). The van der Waals surface area contributed by atoms with Crippen LogP contribution in [-0.4, -0.2) is 30.1 Å². The molecule has 1 aliphatic rings. The molecule has 0 amide bonds. The summed E-state index contributed by atoms with van der Waals surface area (Å²) >= 11 is 0. The summed E-state index contributed by atoms with van der Waals surface area (Å²) in [5.74, 6) is 0. The second kappa shape index (κ2) is 8.17. The van der Waals surface area contributed by atoms with Crippen molar-refractivity contribution >= 4 is 0 Å². The molecular formula is C18H27N3. The van der Waals surface area contributed by atoms with Crippen LogP contribution in [0.3, 0.4) is 0 Å². The Morgan fingerprint density at radius 3 is 2.57 bits per heavy atom.